The van der Waals surface area contributed by atoms with Gasteiger partial charge in [-0.2, -0.15) is 0 Å². The van der Waals surface area contributed by atoms with Gasteiger partial charge in [0, 0.05) is 4.88 Å². The van der Waals surface area contributed by atoms with Crippen LogP contribution >= 0.6 is 34.5 Å². The number of thiophene rings is 1. The highest BCUT2D eigenvalue weighted by molar-refractivity contribution is 7.16. The molecular formula is C18H24Cl2S. The van der Waals surface area contributed by atoms with Crippen molar-refractivity contribution >= 4 is 34.5 Å². The fourth-order valence-electron chi connectivity index (χ4n) is 6.89. The van der Waals surface area contributed by atoms with E-state index in [1.807, 2.05) is 6.07 Å². The summed E-state index contributed by atoms with van der Waals surface area (Å²) < 4.78 is 0.861. The Bertz CT molecular complexity index is 545. The van der Waals surface area contributed by atoms with E-state index in [1.165, 1.54) is 43.4 Å². The van der Waals surface area contributed by atoms with E-state index in [4.69, 9.17) is 23.2 Å². The van der Waals surface area contributed by atoms with Crippen LogP contribution in [0.2, 0.25) is 4.34 Å². The SMILES string of the molecule is CC12CC3CC(C)(C1)CC(CC(Cl)c1ccc(Cl)s1)(C3)C2. The van der Waals surface area contributed by atoms with Crippen molar-refractivity contribution in [3.8, 4) is 0 Å². The summed E-state index contributed by atoms with van der Waals surface area (Å²) in [6, 6.07) is 4.11. The van der Waals surface area contributed by atoms with E-state index in [9.17, 15) is 0 Å². The van der Waals surface area contributed by atoms with Crippen molar-refractivity contribution in [2.24, 2.45) is 22.2 Å². The molecule has 1 aromatic heterocycles. The van der Waals surface area contributed by atoms with Crippen LogP contribution in [0.3, 0.4) is 0 Å². The summed E-state index contributed by atoms with van der Waals surface area (Å²) in [5.41, 5.74) is 1.65. The van der Waals surface area contributed by atoms with E-state index in [-0.39, 0.29) is 5.38 Å². The molecule has 4 aliphatic rings. The molecule has 21 heavy (non-hydrogen) atoms. The molecule has 0 saturated heterocycles. The topological polar surface area (TPSA) is 0 Å². The second-order valence-electron chi connectivity index (χ2n) is 8.94. The van der Waals surface area contributed by atoms with E-state index >= 15 is 0 Å². The molecule has 0 spiro atoms. The van der Waals surface area contributed by atoms with Gasteiger partial charge in [-0.05, 0) is 79.2 Å². The fraction of sp³-hybridized carbons (Fsp3) is 0.778. The minimum absolute atomic E-state index is 0.144. The van der Waals surface area contributed by atoms with E-state index in [1.54, 1.807) is 11.3 Å². The van der Waals surface area contributed by atoms with Crippen molar-refractivity contribution in [2.75, 3.05) is 0 Å². The minimum atomic E-state index is 0.144. The molecule has 4 saturated carbocycles. The van der Waals surface area contributed by atoms with Crippen LogP contribution < -0.4 is 0 Å². The second-order valence-corrected chi connectivity index (χ2v) is 11.2. The van der Waals surface area contributed by atoms with Crippen molar-refractivity contribution in [1.29, 1.82) is 0 Å². The fourth-order valence-corrected chi connectivity index (χ4v) is 8.46. The molecule has 5 rings (SSSR count). The van der Waals surface area contributed by atoms with Crippen LogP contribution in [-0.2, 0) is 0 Å². The maximum Gasteiger partial charge on any atom is 0.0931 e. The van der Waals surface area contributed by atoms with Crippen molar-refractivity contribution in [3.05, 3.63) is 21.3 Å². The quantitative estimate of drug-likeness (QED) is 0.515. The summed E-state index contributed by atoms with van der Waals surface area (Å²) >= 11 is 14.5. The number of rotatable bonds is 3. The second kappa shape index (κ2) is 4.65. The summed E-state index contributed by atoms with van der Waals surface area (Å²) in [6.07, 6.45) is 9.72. The number of hydrogen-bond donors (Lipinski definition) is 0. The Kier molecular flexibility index (Phi) is 3.28. The molecule has 0 N–H and O–H groups in total. The van der Waals surface area contributed by atoms with Crippen molar-refractivity contribution < 1.29 is 0 Å². The molecule has 3 atom stereocenters. The van der Waals surface area contributed by atoms with Crippen LogP contribution in [0.4, 0.5) is 0 Å². The van der Waals surface area contributed by atoms with Crippen molar-refractivity contribution in [1.82, 2.24) is 0 Å². The van der Waals surface area contributed by atoms with E-state index in [0.717, 1.165) is 16.7 Å². The molecule has 1 aromatic rings. The normalized spacial score (nSPS) is 46.0. The predicted molar refractivity (Wildman–Crippen MR) is 92.4 cm³/mol. The zero-order valence-electron chi connectivity index (χ0n) is 12.9. The smallest absolute Gasteiger partial charge is 0.0931 e. The Hall–Kier alpha value is 0.280. The lowest BCUT2D eigenvalue weighted by Crippen LogP contribution is -2.55. The first-order valence-corrected chi connectivity index (χ1v) is 9.81. The molecule has 4 fully saturated rings. The lowest BCUT2D eigenvalue weighted by atomic mass is 9.40. The van der Waals surface area contributed by atoms with Crippen LogP contribution in [0, 0.1) is 22.2 Å². The first kappa shape index (κ1) is 14.8. The van der Waals surface area contributed by atoms with Gasteiger partial charge < -0.3 is 0 Å². The first-order valence-electron chi connectivity index (χ1n) is 8.18. The molecule has 4 aliphatic carbocycles. The molecular weight excluding hydrogens is 319 g/mol. The summed E-state index contributed by atoms with van der Waals surface area (Å²) in [7, 11) is 0. The molecule has 1 heterocycles. The van der Waals surface area contributed by atoms with Crippen LogP contribution in [0.15, 0.2) is 12.1 Å². The zero-order chi connectivity index (χ0) is 14.9. The summed E-state index contributed by atoms with van der Waals surface area (Å²) in [4.78, 5) is 1.26. The number of hydrogen-bond acceptors (Lipinski definition) is 1. The largest absolute Gasteiger partial charge is 0.127 e. The molecule has 0 aromatic carbocycles. The molecule has 0 aliphatic heterocycles. The van der Waals surface area contributed by atoms with Gasteiger partial charge in [-0.3, -0.25) is 0 Å². The molecule has 0 nitrogen and oxygen atoms in total. The molecule has 3 heteroatoms. The Balaban J connectivity index is 1.59. The molecule has 3 unspecified atom stereocenters. The van der Waals surface area contributed by atoms with Gasteiger partial charge in [0.1, 0.15) is 0 Å². The zero-order valence-corrected chi connectivity index (χ0v) is 15.3. The average molecular weight is 343 g/mol. The van der Waals surface area contributed by atoms with Gasteiger partial charge in [0.05, 0.1) is 9.71 Å². The van der Waals surface area contributed by atoms with Crippen LogP contribution in [0.25, 0.3) is 0 Å². The first-order chi connectivity index (χ1) is 9.79. The number of alkyl halides is 1. The average Bonchev–Trinajstić information content (AvgIpc) is 2.70. The predicted octanol–water partition coefficient (Wildman–Crippen LogP) is 7.07. The van der Waals surface area contributed by atoms with Gasteiger partial charge in [-0.25, -0.2) is 0 Å². The highest BCUT2D eigenvalue weighted by Gasteiger charge is 2.60. The summed E-state index contributed by atoms with van der Waals surface area (Å²) in [5.74, 6) is 0.951. The lowest BCUT2D eigenvalue weighted by Gasteiger charge is -2.66. The van der Waals surface area contributed by atoms with Crippen LogP contribution in [0.1, 0.15) is 69.0 Å². The van der Waals surface area contributed by atoms with Gasteiger partial charge in [0.25, 0.3) is 0 Å². The van der Waals surface area contributed by atoms with Crippen LogP contribution in [-0.4, -0.2) is 0 Å². The van der Waals surface area contributed by atoms with E-state index < -0.39 is 0 Å². The van der Waals surface area contributed by atoms with Gasteiger partial charge in [0.2, 0.25) is 0 Å². The standard InChI is InChI=1S/C18H24Cl2S/c1-16-5-12-6-17(2,9-16)11-18(7-12,10-16)8-13(19)14-3-4-15(20)21-14/h3-4,12-13H,5-11H2,1-2H3. The molecule has 116 valence electrons. The molecule has 0 amide bonds. The van der Waals surface area contributed by atoms with Crippen molar-refractivity contribution in [2.45, 2.75) is 64.2 Å². The van der Waals surface area contributed by atoms with Gasteiger partial charge in [-0.1, -0.05) is 25.4 Å². The molecule has 0 radical (unpaired) electrons. The lowest BCUT2D eigenvalue weighted by molar-refractivity contribution is -0.147. The summed E-state index contributed by atoms with van der Waals surface area (Å²) in [6.45, 7) is 5.07. The maximum absolute atomic E-state index is 6.80. The number of halogens is 2. The monoisotopic (exact) mass is 342 g/mol. The highest BCUT2D eigenvalue weighted by Crippen LogP contribution is 2.71. The van der Waals surface area contributed by atoms with E-state index in [2.05, 4.69) is 19.9 Å². The third-order valence-corrected chi connectivity index (χ3v) is 8.12. The van der Waals surface area contributed by atoms with E-state index in [0.29, 0.717) is 16.2 Å². The Morgan fingerprint density at radius 3 is 2.33 bits per heavy atom. The van der Waals surface area contributed by atoms with Crippen LogP contribution in [0.5, 0.6) is 0 Å². The Morgan fingerprint density at radius 1 is 1.14 bits per heavy atom. The molecule has 4 bridgehead atoms. The van der Waals surface area contributed by atoms with Gasteiger partial charge >= 0.3 is 0 Å². The highest BCUT2D eigenvalue weighted by atomic mass is 35.5. The summed E-state index contributed by atoms with van der Waals surface area (Å²) in [5, 5.41) is 0.144. The van der Waals surface area contributed by atoms with Gasteiger partial charge in [-0.15, -0.1) is 22.9 Å². The Labute approximate surface area is 142 Å². The van der Waals surface area contributed by atoms with Crippen molar-refractivity contribution in [3.63, 3.8) is 0 Å². The maximum atomic E-state index is 6.80. The third kappa shape index (κ3) is 2.58. The third-order valence-electron chi connectivity index (χ3n) is 6.26. The minimum Gasteiger partial charge on any atom is -0.127 e. The van der Waals surface area contributed by atoms with Gasteiger partial charge in [0.15, 0.2) is 0 Å². The Morgan fingerprint density at radius 2 is 1.81 bits per heavy atom.